The molecule has 0 aliphatic heterocycles. The average Bonchev–Trinajstić information content (AvgIpc) is 2.36. The lowest BCUT2D eigenvalue weighted by Gasteiger charge is -2.12. The zero-order valence-electron chi connectivity index (χ0n) is 10.9. The van der Waals surface area contributed by atoms with Gasteiger partial charge in [-0.05, 0) is 17.7 Å². The van der Waals surface area contributed by atoms with E-state index >= 15 is 0 Å². The maximum atomic E-state index is 5.81. The van der Waals surface area contributed by atoms with Gasteiger partial charge in [-0.25, -0.2) is 0 Å². The SMILES string of the molecule is CC(C)NCc1ccccc1-c1cc(N)ccn1. The van der Waals surface area contributed by atoms with Crippen LogP contribution >= 0.6 is 0 Å². The van der Waals surface area contributed by atoms with E-state index in [-0.39, 0.29) is 0 Å². The van der Waals surface area contributed by atoms with E-state index in [0.29, 0.717) is 6.04 Å². The Labute approximate surface area is 108 Å². The van der Waals surface area contributed by atoms with Crippen LogP contribution in [-0.4, -0.2) is 11.0 Å². The summed E-state index contributed by atoms with van der Waals surface area (Å²) in [6.07, 6.45) is 1.75. The molecule has 0 aliphatic carbocycles. The van der Waals surface area contributed by atoms with Gasteiger partial charge < -0.3 is 11.1 Å². The van der Waals surface area contributed by atoms with Gasteiger partial charge in [0.2, 0.25) is 0 Å². The Kier molecular flexibility index (Phi) is 3.95. The topological polar surface area (TPSA) is 50.9 Å². The molecule has 0 amide bonds. The van der Waals surface area contributed by atoms with E-state index in [1.807, 2.05) is 18.2 Å². The fourth-order valence-corrected chi connectivity index (χ4v) is 1.83. The number of nitrogens with two attached hydrogens (primary N) is 1. The van der Waals surface area contributed by atoms with E-state index < -0.39 is 0 Å². The Balaban J connectivity index is 2.32. The lowest BCUT2D eigenvalue weighted by Crippen LogP contribution is -2.22. The van der Waals surface area contributed by atoms with Crippen LogP contribution in [0.15, 0.2) is 42.6 Å². The maximum Gasteiger partial charge on any atom is 0.0725 e. The zero-order valence-corrected chi connectivity index (χ0v) is 10.9. The van der Waals surface area contributed by atoms with Crippen LogP contribution in [0, 0.1) is 0 Å². The van der Waals surface area contributed by atoms with Gasteiger partial charge in [0, 0.05) is 30.0 Å². The summed E-state index contributed by atoms with van der Waals surface area (Å²) in [6.45, 7) is 5.12. The molecular formula is C15H19N3. The summed E-state index contributed by atoms with van der Waals surface area (Å²) in [4.78, 5) is 4.39. The molecule has 94 valence electrons. The minimum atomic E-state index is 0.465. The molecule has 2 aromatic rings. The standard InChI is InChI=1S/C15H19N3/c1-11(2)18-10-12-5-3-4-6-14(12)15-9-13(16)7-8-17-15/h3-9,11,18H,10H2,1-2H3,(H2,16,17). The van der Waals surface area contributed by atoms with Gasteiger partial charge in [0.1, 0.15) is 0 Å². The summed E-state index contributed by atoms with van der Waals surface area (Å²) in [7, 11) is 0. The number of hydrogen-bond donors (Lipinski definition) is 2. The molecular weight excluding hydrogens is 222 g/mol. The monoisotopic (exact) mass is 241 g/mol. The van der Waals surface area contributed by atoms with Crippen molar-refractivity contribution in [2.45, 2.75) is 26.4 Å². The number of nitrogens with zero attached hydrogens (tertiary/aromatic N) is 1. The van der Waals surface area contributed by atoms with Crippen LogP contribution in [0.1, 0.15) is 19.4 Å². The molecule has 1 heterocycles. The fourth-order valence-electron chi connectivity index (χ4n) is 1.83. The van der Waals surface area contributed by atoms with Gasteiger partial charge in [0.05, 0.1) is 5.69 Å². The number of anilines is 1. The highest BCUT2D eigenvalue weighted by atomic mass is 14.9. The summed E-state index contributed by atoms with van der Waals surface area (Å²) in [6, 6.07) is 12.5. The first-order valence-corrected chi connectivity index (χ1v) is 6.20. The van der Waals surface area contributed by atoms with Gasteiger partial charge in [-0.2, -0.15) is 0 Å². The molecule has 0 spiro atoms. The number of rotatable bonds is 4. The predicted molar refractivity (Wildman–Crippen MR) is 76.1 cm³/mol. The average molecular weight is 241 g/mol. The minimum Gasteiger partial charge on any atom is -0.399 e. The highest BCUT2D eigenvalue weighted by molar-refractivity contribution is 5.66. The molecule has 3 heteroatoms. The number of aromatic nitrogens is 1. The largest absolute Gasteiger partial charge is 0.399 e. The fraction of sp³-hybridized carbons (Fsp3) is 0.267. The van der Waals surface area contributed by atoms with Crippen LogP contribution in [0.25, 0.3) is 11.3 Å². The number of nitrogen functional groups attached to an aromatic ring is 1. The van der Waals surface area contributed by atoms with E-state index in [0.717, 1.165) is 23.5 Å². The zero-order chi connectivity index (χ0) is 13.0. The molecule has 0 saturated carbocycles. The lowest BCUT2D eigenvalue weighted by atomic mass is 10.0. The third-order valence-corrected chi connectivity index (χ3v) is 2.78. The van der Waals surface area contributed by atoms with Crippen molar-refractivity contribution in [1.29, 1.82) is 0 Å². The molecule has 0 aliphatic rings. The summed E-state index contributed by atoms with van der Waals surface area (Å²) in [5, 5.41) is 3.43. The van der Waals surface area contributed by atoms with Gasteiger partial charge in [-0.3, -0.25) is 4.98 Å². The molecule has 1 aromatic heterocycles. The number of hydrogen-bond acceptors (Lipinski definition) is 3. The van der Waals surface area contributed by atoms with E-state index in [2.05, 4.69) is 36.3 Å². The Morgan fingerprint density at radius 1 is 1.22 bits per heavy atom. The van der Waals surface area contributed by atoms with Crippen molar-refractivity contribution >= 4 is 5.69 Å². The van der Waals surface area contributed by atoms with Gasteiger partial charge in [-0.15, -0.1) is 0 Å². The summed E-state index contributed by atoms with van der Waals surface area (Å²) in [5.74, 6) is 0. The molecule has 0 saturated heterocycles. The normalized spacial score (nSPS) is 10.8. The number of nitrogens with one attached hydrogen (secondary N) is 1. The van der Waals surface area contributed by atoms with Gasteiger partial charge in [0.15, 0.2) is 0 Å². The number of benzene rings is 1. The molecule has 3 N–H and O–H groups in total. The molecule has 0 bridgehead atoms. The first-order valence-electron chi connectivity index (χ1n) is 6.20. The molecule has 0 radical (unpaired) electrons. The molecule has 0 unspecified atom stereocenters. The third-order valence-electron chi connectivity index (χ3n) is 2.78. The maximum absolute atomic E-state index is 5.81. The van der Waals surface area contributed by atoms with Crippen LogP contribution < -0.4 is 11.1 Å². The summed E-state index contributed by atoms with van der Waals surface area (Å²) >= 11 is 0. The van der Waals surface area contributed by atoms with E-state index in [4.69, 9.17) is 5.73 Å². The third kappa shape index (κ3) is 3.08. The van der Waals surface area contributed by atoms with Gasteiger partial charge in [-0.1, -0.05) is 38.1 Å². The highest BCUT2D eigenvalue weighted by Crippen LogP contribution is 2.23. The van der Waals surface area contributed by atoms with Crippen LogP contribution in [0.3, 0.4) is 0 Å². The van der Waals surface area contributed by atoms with Crippen molar-refractivity contribution in [3.63, 3.8) is 0 Å². The smallest absolute Gasteiger partial charge is 0.0725 e. The highest BCUT2D eigenvalue weighted by Gasteiger charge is 2.06. The second kappa shape index (κ2) is 5.65. The van der Waals surface area contributed by atoms with Crippen molar-refractivity contribution in [2.75, 3.05) is 5.73 Å². The predicted octanol–water partition coefficient (Wildman–Crippen LogP) is 2.83. The molecule has 2 rings (SSSR count). The number of pyridine rings is 1. The van der Waals surface area contributed by atoms with Crippen LogP contribution in [0.4, 0.5) is 5.69 Å². The van der Waals surface area contributed by atoms with Crippen molar-refractivity contribution in [3.8, 4) is 11.3 Å². The summed E-state index contributed by atoms with van der Waals surface area (Å²) in [5.41, 5.74) is 9.86. The van der Waals surface area contributed by atoms with E-state index in [1.165, 1.54) is 5.56 Å². The minimum absolute atomic E-state index is 0.465. The van der Waals surface area contributed by atoms with Crippen molar-refractivity contribution in [2.24, 2.45) is 0 Å². The quantitative estimate of drug-likeness (QED) is 0.865. The summed E-state index contributed by atoms with van der Waals surface area (Å²) < 4.78 is 0. The van der Waals surface area contributed by atoms with Crippen molar-refractivity contribution in [1.82, 2.24) is 10.3 Å². The molecule has 18 heavy (non-hydrogen) atoms. The first-order chi connectivity index (χ1) is 8.66. The van der Waals surface area contributed by atoms with E-state index in [9.17, 15) is 0 Å². The molecule has 3 nitrogen and oxygen atoms in total. The van der Waals surface area contributed by atoms with Crippen LogP contribution in [0.5, 0.6) is 0 Å². The lowest BCUT2D eigenvalue weighted by molar-refractivity contribution is 0.589. The second-order valence-electron chi connectivity index (χ2n) is 4.67. The van der Waals surface area contributed by atoms with Crippen molar-refractivity contribution < 1.29 is 0 Å². The second-order valence-corrected chi connectivity index (χ2v) is 4.67. The molecule has 1 aromatic carbocycles. The Morgan fingerprint density at radius 3 is 2.72 bits per heavy atom. The Morgan fingerprint density at radius 2 is 2.00 bits per heavy atom. The Hall–Kier alpha value is -1.87. The van der Waals surface area contributed by atoms with Gasteiger partial charge >= 0.3 is 0 Å². The van der Waals surface area contributed by atoms with Crippen molar-refractivity contribution in [3.05, 3.63) is 48.2 Å². The van der Waals surface area contributed by atoms with Crippen LogP contribution in [0.2, 0.25) is 0 Å². The molecule has 0 atom stereocenters. The Bertz CT molecular complexity index is 521. The van der Waals surface area contributed by atoms with Gasteiger partial charge in [0.25, 0.3) is 0 Å². The van der Waals surface area contributed by atoms with Crippen LogP contribution in [-0.2, 0) is 6.54 Å². The first kappa shape index (κ1) is 12.6. The van der Waals surface area contributed by atoms with E-state index in [1.54, 1.807) is 12.3 Å². The molecule has 0 fully saturated rings.